The molecule has 16 aromatic rings. The molecule has 14 nitrogen and oxygen atoms in total. The molecule has 0 aliphatic carbocycles. The van der Waals surface area contributed by atoms with Crippen molar-refractivity contribution in [2.45, 2.75) is 186 Å². The summed E-state index contributed by atoms with van der Waals surface area (Å²) >= 11 is 0. The second-order valence-electron chi connectivity index (χ2n) is 32.4. The predicted octanol–water partition coefficient (Wildman–Crippen LogP) is 20.1. The minimum absolute atomic E-state index is 0. The molecular weight excluding hydrogens is 1940 g/mol. The SMILES string of the molecule is CC(C)(C)C(O)CC(O)C(C)(C)C.CC(C)CC(O)CC(O)CC(C)C.CC(O)CC(C)O.Cc1nc[n+]2c3c4c(cccc4c4ccccc4c13)C2.Cc1ncnc2c3[c-]cccc3c3ccccc3c12.Cc1ncnc2c3[c-]cccc3c3ccccc3c12.Cc1ncnc2c3[c-]cccc3c3ccccc3c12.[Ir].[Ir].[Ir]. The van der Waals surface area contributed by atoms with Crippen LogP contribution in [0.1, 0.15) is 144 Å². The average molecular weight is 2040 g/mol. The third-order valence-corrected chi connectivity index (χ3v) is 20.5. The van der Waals surface area contributed by atoms with E-state index in [1.165, 1.54) is 86.5 Å². The van der Waals surface area contributed by atoms with Gasteiger partial charge in [0.25, 0.3) is 6.33 Å². The molecular formula is C96H106Ir3N8O6-2. The summed E-state index contributed by atoms with van der Waals surface area (Å²) in [6, 6.07) is 68.8. The van der Waals surface area contributed by atoms with Crippen molar-refractivity contribution in [1.29, 1.82) is 0 Å². The maximum absolute atomic E-state index is 9.76. The largest absolute Gasteiger partial charge is 0.393 e. The molecule has 0 spiro atoms. The van der Waals surface area contributed by atoms with Crippen LogP contribution >= 0.6 is 0 Å². The summed E-state index contributed by atoms with van der Waals surface area (Å²) in [6.07, 6.45) is 7.58. The molecule has 0 saturated carbocycles. The van der Waals surface area contributed by atoms with Gasteiger partial charge in [0.15, 0.2) is 5.69 Å². The third-order valence-electron chi connectivity index (χ3n) is 20.5. The van der Waals surface area contributed by atoms with Crippen molar-refractivity contribution in [3.63, 3.8) is 0 Å². The van der Waals surface area contributed by atoms with Gasteiger partial charge >= 0.3 is 0 Å². The summed E-state index contributed by atoms with van der Waals surface area (Å²) in [5.41, 5.74) is 9.59. The first-order chi connectivity index (χ1) is 52.5. The smallest absolute Gasteiger partial charge is 0.287 e. The molecule has 0 saturated heterocycles. The number of aliphatic hydroxyl groups is 6. The molecule has 6 N–H and O–H groups in total. The first-order valence-electron chi connectivity index (χ1n) is 38.5. The van der Waals surface area contributed by atoms with E-state index in [2.05, 4.69) is 226 Å². The molecule has 6 unspecified atom stereocenters. The van der Waals surface area contributed by atoms with Crippen molar-refractivity contribution in [2.75, 3.05) is 0 Å². The van der Waals surface area contributed by atoms with Crippen LogP contribution in [0.4, 0.5) is 0 Å². The molecule has 1 aliphatic rings. The molecule has 4 aromatic heterocycles. The number of aromatic nitrogens is 8. The summed E-state index contributed by atoms with van der Waals surface area (Å²) < 4.78 is 2.28. The number of aliphatic hydroxyl groups excluding tert-OH is 6. The van der Waals surface area contributed by atoms with E-state index in [0.29, 0.717) is 31.1 Å². The van der Waals surface area contributed by atoms with E-state index in [1.54, 1.807) is 32.8 Å². The minimum atomic E-state index is -0.443. The number of hydrogen-bond acceptors (Lipinski definition) is 13. The zero-order valence-electron chi connectivity index (χ0n) is 67.6. The van der Waals surface area contributed by atoms with Crippen LogP contribution in [0.25, 0.3) is 130 Å². The van der Waals surface area contributed by atoms with E-state index in [0.717, 1.165) is 91.0 Å². The van der Waals surface area contributed by atoms with Crippen molar-refractivity contribution in [3.05, 3.63) is 242 Å². The first-order valence-corrected chi connectivity index (χ1v) is 38.5. The van der Waals surface area contributed by atoms with Crippen LogP contribution in [-0.2, 0) is 66.9 Å². The monoisotopic (exact) mass is 2050 g/mol. The second kappa shape index (κ2) is 39.9. The van der Waals surface area contributed by atoms with Crippen molar-refractivity contribution < 1.29 is 95.5 Å². The number of fused-ring (bicyclic) bond motifs is 21. The molecule has 1 aliphatic heterocycles. The van der Waals surface area contributed by atoms with Crippen molar-refractivity contribution in [3.8, 4) is 0 Å². The van der Waals surface area contributed by atoms with Crippen LogP contribution < -0.4 is 4.57 Å². The third kappa shape index (κ3) is 21.1. The van der Waals surface area contributed by atoms with Gasteiger partial charge in [-0.25, -0.2) is 19.5 Å². The Hall–Kier alpha value is -8.21. The number of nitrogens with zero attached hydrogens (tertiary/aromatic N) is 8. The fraction of sp³-hybridized carbons (Fsp3) is 0.333. The van der Waals surface area contributed by atoms with Crippen LogP contribution in [0.15, 0.2) is 195 Å². The summed E-state index contributed by atoms with van der Waals surface area (Å²) in [4.78, 5) is 31.0. The summed E-state index contributed by atoms with van der Waals surface area (Å²) in [5.74, 6) is 1.00. The van der Waals surface area contributed by atoms with E-state index >= 15 is 0 Å². The Morgan fingerprint density at radius 2 is 0.637 bits per heavy atom. The second-order valence-corrected chi connectivity index (χ2v) is 32.4. The van der Waals surface area contributed by atoms with Crippen LogP contribution in [0.5, 0.6) is 0 Å². The quantitative estimate of drug-likeness (QED) is 0.0427. The maximum atomic E-state index is 9.76. The van der Waals surface area contributed by atoms with Crippen LogP contribution in [0.3, 0.4) is 0 Å². The van der Waals surface area contributed by atoms with Gasteiger partial charge in [0, 0.05) is 102 Å². The fourth-order valence-electron chi connectivity index (χ4n) is 15.0. The molecule has 113 heavy (non-hydrogen) atoms. The van der Waals surface area contributed by atoms with Gasteiger partial charge < -0.3 is 30.6 Å². The number of aryl methyl sites for hydroxylation is 4. The first kappa shape index (κ1) is 90.3. The Morgan fingerprint density at radius 1 is 0.336 bits per heavy atom. The molecule has 0 fully saturated rings. The molecule has 17 heteroatoms. The Labute approximate surface area is 705 Å². The normalized spacial score (nSPS) is 13.3. The van der Waals surface area contributed by atoms with Crippen LogP contribution in [0, 0.1) is 68.6 Å². The Bertz CT molecular complexity index is 5370. The van der Waals surface area contributed by atoms with E-state index in [9.17, 15) is 20.4 Å². The van der Waals surface area contributed by atoms with Gasteiger partial charge in [-0.2, -0.15) is 0 Å². The van der Waals surface area contributed by atoms with Crippen molar-refractivity contribution in [2.24, 2.45) is 22.7 Å². The number of benzene rings is 12. The zero-order chi connectivity index (χ0) is 78.9. The van der Waals surface area contributed by atoms with E-state index in [4.69, 9.17) is 10.2 Å². The number of hydrogen-bond donors (Lipinski definition) is 6. The molecule has 3 radical (unpaired) electrons. The molecule has 17 rings (SSSR count). The van der Waals surface area contributed by atoms with Crippen LogP contribution in [0.2, 0.25) is 0 Å². The van der Waals surface area contributed by atoms with Gasteiger partial charge in [0.2, 0.25) is 0 Å². The molecule has 595 valence electrons. The number of rotatable bonds is 10. The summed E-state index contributed by atoms with van der Waals surface area (Å²) in [6.45, 7) is 32.7. The zero-order valence-corrected chi connectivity index (χ0v) is 74.8. The topological polar surface area (TPSA) is 215 Å². The molecule has 6 atom stereocenters. The Morgan fingerprint density at radius 3 is 0.965 bits per heavy atom. The van der Waals surface area contributed by atoms with Crippen LogP contribution in [-0.4, -0.2) is 102 Å². The molecule has 0 amide bonds. The van der Waals surface area contributed by atoms with E-state index in [-0.39, 0.29) is 95.6 Å². The molecule has 0 bridgehead atoms. The predicted molar refractivity (Wildman–Crippen MR) is 454 cm³/mol. The van der Waals surface area contributed by atoms with Crippen molar-refractivity contribution >= 4 is 130 Å². The molecule has 12 aromatic carbocycles. The standard InChI is InChI=1S/C18H13N2.3C17H11N2.2C11H24O2.C5H12O2.3Ir/c1-11-16-14-7-3-2-6-13(14)15-8-4-5-12-9-20(10-19-11)18(16)17(12)15;3*1-11-16-14-8-4-2-6-12(14)13-7-3-5-9-15(13)17(16)19-10-18-11;1-10(2,3)8(12)7-9(13)11(4,5)6;1-8(2)5-10(12)7-11(13)6-9(3)4;1-4(6)3-5(2)7;;;/h2-8,10H,9H2,1H3;3*2-8,10H,1H3;8-9,12-13H,7H2,1-6H3;8-13H,5-7H2,1-4H3;4-7H,3H2,1-2H3;;;/q+1;3*-1;;;;;;. The maximum Gasteiger partial charge on any atom is 0.287 e. The van der Waals surface area contributed by atoms with Gasteiger partial charge in [-0.15, -0.1) is 89.0 Å². The van der Waals surface area contributed by atoms with Gasteiger partial charge in [0.05, 0.1) is 42.0 Å². The van der Waals surface area contributed by atoms with Gasteiger partial charge in [-0.05, 0) is 148 Å². The Kier molecular flexibility index (Phi) is 31.9. The van der Waals surface area contributed by atoms with E-state index < -0.39 is 12.2 Å². The van der Waals surface area contributed by atoms with Crippen molar-refractivity contribution in [1.82, 2.24) is 34.9 Å². The minimum Gasteiger partial charge on any atom is -0.393 e. The van der Waals surface area contributed by atoms with Gasteiger partial charge in [0.1, 0.15) is 31.0 Å². The molecule has 5 heterocycles. The van der Waals surface area contributed by atoms with Gasteiger partial charge in [-0.3, -0.25) is 15.0 Å². The summed E-state index contributed by atoms with van der Waals surface area (Å²) in [7, 11) is 0. The van der Waals surface area contributed by atoms with Gasteiger partial charge in [-0.1, -0.05) is 222 Å². The fourth-order valence-corrected chi connectivity index (χ4v) is 15.0. The average Bonchev–Trinajstić information content (AvgIpc) is 1.57. The van der Waals surface area contributed by atoms with E-state index in [1.807, 2.05) is 105 Å². The summed E-state index contributed by atoms with van der Waals surface area (Å²) in [5, 5.41) is 80.0. The Balaban J connectivity index is 0.000000168.